The molecule has 0 aliphatic carbocycles. The zero-order valence-corrected chi connectivity index (χ0v) is 12.0. The molecule has 21 heavy (non-hydrogen) atoms. The minimum atomic E-state index is -1.04. The van der Waals surface area contributed by atoms with Crippen molar-refractivity contribution in [2.75, 3.05) is 0 Å². The molecule has 3 rings (SSSR count). The van der Waals surface area contributed by atoms with E-state index in [0.29, 0.717) is 32.5 Å². The number of aromatic amines is 1. The predicted octanol–water partition coefficient (Wildman–Crippen LogP) is 1.61. The average Bonchev–Trinajstić information content (AvgIpc) is 2.92. The third kappa shape index (κ3) is 2.31. The van der Waals surface area contributed by atoms with Crippen LogP contribution in [-0.2, 0) is 0 Å². The molecule has 0 saturated carbocycles. The van der Waals surface area contributed by atoms with Gasteiger partial charge >= 0.3 is 5.97 Å². The van der Waals surface area contributed by atoms with Crippen LogP contribution in [-0.4, -0.2) is 41.2 Å². The van der Waals surface area contributed by atoms with E-state index in [-0.39, 0.29) is 5.56 Å². The number of imidazole rings is 1. The normalized spacial score (nSPS) is 11.0. The molecule has 9 heteroatoms. The van der Waals surface area contributed by atoms with Crippen LogP contribution in [0.25, 0.3) is 11.2 Å². The first kappa shape index (κ1) is 13.4. The average molecular weight is 302 g/mol. The minimum absolute atomic E-state index is 0.138. The van der Waals surface area contributed by atoms with Gasteiger partial charge in [0.15, 0.2) is 5.65 Å². The van der Waals surface area contributed by atoms with Gasteiger partial charge in [0.1, 0.15) is 21.9 Å². The van der Waals surface area contributed by atoms with Gasteiger partial charge in [0.05, 0.1) is 17.6 Å². The molecule has 0 aromatic carbocycles. The molecule has 106 valence electrons. The number of aryl methyl sites for hydroxylation is 1. The van der Waals surface area contributed by atoms with E-state index in [4.69, 9.17) is 0 Å². The maximum atomic E-state index is 11.5. The third-order valence-electron chi connectivity index (χ3n) is 3.02. The maximum absolute atomic E-state index is 11.5. The van der Waals surface area contributed by atoms with E-state index in [2.05, 4.69) is 30.1 Å². The van der Waals surface area contributed by atoms with Crippen molar-refractivity contribution in [1.82, 2.24) is 30.1 Å². The molecule has 3 heterocycles. The quantitative estimate of drug-likeness (QED) is 0.701. The smallest absolute Gasteiger partial charge is 0.338 e. The number of H-pyrrole nitrogens is 1. The number of fused-ring (bicyclic) bond motifs is 1. The summed E-state index contributed by atoms with van der Waals surface area (Å²) < 4.78 is 0. The van der Waals surface area contributed by atoms with Crippen LogP contribution in [0.1, 0.15) is 21.6 Å². The van der Waals surface area contributed by atoms with Crippen molar-refractivity contribution in [3.63, 3.8) is 0 Å². The highest BCUT2D eigenvalue weighted by atomic mass is 32.2. The Morgan fingerprint density at radius 1 is 1.19 bits per heavy atom. The molecule has 0 saturated heterocycles. The number of carboxylic acids is 1. The number of nitrogens with one attached hydrogen (secondary N) is 1. The molecule has 0 spiro atoms. The van der Waals surface area contributed by atoms with Crippen molar-refractivity contribution in [3.05, 3.63) is 29.5 Å². The molecule has 0 amide bonds. The second-order valence-corrected chi connectivity index (χ2v) is 5.26. The molecule has 0 unspecified atom stereocenters. The number of nitrogens with zero attached hydrogens (tertiary/aromatic N) is 5. The number of hydrogen-bond acceptors (Lipinski definition) is 7. The minimum Gasteiger partial charge on any atom is -0.478 e. The number of aromatic nitrogens is 6. The summed E-state index contributed by atoms with van der Waals surface area (Å²) in [5.74, 6) is -1.04. The molecule has 0 aliphatic heterocycles. The highest BCUT2D eigenvalue weighted by molar-refractivity contribution is 7.99. The van der Waals surface area contributed by atoms with Gasteiger partial charge in [0, 0.05) is 0 Å². The third-order valence-corrected chi connectivity index (χ3v) is 4.00. The Bertz CT molecular complexity index is 847. The molecule has 0 fully saturated rings. The highest BCUT2D eigenvalue weighted by Crippen LogP contribution is 2.31. The van der Waals surface area contributed by atoms with Crippen LogP contribution in [0.5, 0.6) is 0 Å². The monoisotopic (exact) mass is 302 g/mol. The lowest BCUT2D eigenvalue weighted by Gasteiger charge is -2.08. The second-order valence-electron chi connectivity index (χ2n) is 4.28. The lowest BCUT2D eigenvalue weighted by Crippen LogP contribution is -2.08. The van der Waals surface area contributed by atoms with E-state index in [1.165, 1.54) is 12.7 Å². The van der Waals surface area contributed by atoms with Gasteiger partial charge < -0.3 is 10.1 Å². The topological polar surface area (TPSA) is 118 Å². The second kappa shape index (κ2) is 5.09. The molecule has 0 radical (unpaired) electrons. The first-order valence-corrected chi connectivity index (χ1v) is 6.78. The molecule has 0 aliphatic rings. The molecule has 3 aromatic heterocycles. The van der Waals surface area contributed by atoms with Gasteiger partial charge in [-0.2, -0.15) is 5.10 Å². The lowest BCUT2D eigenvalue weighted by atomic mass is 10.1. The van der Waals surface area contributed by atoms with Crippen molar-refractivity contribution in [2.45, 2.75) is 23.9 Å². The van der Waals surface area contributed by atoms with Crippen molar-refractivity contribution in [2.24, 2.45) is 0 Å². The molecule has 8 nitrogen and oxygen atoms in total. The fourth-order valence-electron chi connectivity index (χ4n) is 1.82. The number of aromatic carboxylic acids is 1. The first-order chi connectivity index (χ1) is 10.1. The van der Waals surface area contributed by atoms with Gasteiger partial charge in [-0.25, -0.2) is 19.7 Å². The van der Waals surface area contributed by atoms with E-state index >= 15 is 0 Å². The fourth-order valence-corrected chi connectivity index (χ4v) is 2.78. The number of carbonyl (C=O) groups is 1. The highest BCUT2D eigenvalue weighted by Gasteiger charge is 2.20. The Labute approximate surface area is 123 Å². The largest absolute Gasteiger partial charge is 0.478 e. The molecule has 0 atom stereocenters. The summed E-state index contributed by atoms with van der Waals surface area (Å²) >= 11 is 1.12. The Balaban J connectivity index is 2.12. The van der Waals surface area contributed by atoms with Crippen molar-refractivity contribution >= 4 is 28.9 Å². The molecule has 3 aromatic rings. The van der Waals surface area contributed by atoms with Gasteiger partial charge in [0.2, 0.25) is 0 Å². The molecule has 0 bridgehead atoms. The summed E-state index contributed by atoms with van der Waals surface area (Å²) in [5, 5.41) is 18.2. The van der Waals surface area contributed by atoms with E-state index < -0.39 is 5.97 Å². The van der Waals surface area contributed by atoms with E-state index in [9.17, 15) is 9.90 Å². The van der Waals surface area contributed by atoms with E-state index in [1.54, 1.807) is 13.8 Å². The Hall–Kier alpha value is -2.55. The Morgan fingerprint density at radius 2 is 2.00 bits per heavy atom. The van der Waals surface area contributed by atoms with Gasteiger partial charge in [-0.3, -0.25) is 0 Å². The summed E-state index contributed by atoms with van der Waals surface area (Å²) in [7, 11) is 0. The summed E-state index contributed by atoms with van der Waals surface area (Å²) in [5.41, 5.74) is 2.47. The predicted molar refractivity (Wildman–Crippen MR) is 74.3 cm³/mol. The summed E-state index contributed by atoms with van der Waals surface area (Å²) in [6, 6.07) is 0. The van der Waals surface area contributed by atoms with Gasteiger partial charge in [-0.1, -0.05) is 0 Å². The van der Waals surface area contributed by atoms with Crippen LogP contribution in [0, 0.1) is 13.8 Å². The van der Waals surface area contributed by atoms with Gasteiger partial charge in [-0.15, -0.1) is 5.10 Å². The van der Waals surface area contributed by atoms with Crippen LogP contribution in [0.15, 0.2) is 22.7 Å². The number of hydrogen-bond donors (Lipinski definition) is 2. The number of carboxylic acid groups (broad SMARTS) is 1. The van der Waals surface area contributed by atoms with Crippen LogP contribution in [0.3, 0.4) is 0 Å². The zero-order valence-electron chi connectivity index (χ0n) is 11.2. The van der Waals surface area contributed by atoms with Crippen LogP contribution < -0.4 is 0 Å². The van der Waals surface area contributed by atoms with Crippen LogP contribution >= 0.6 is 11.8 Å². The van der Waals surface area contributed by atoms with Crippen LogP contribution in [0.4, 0.5) is 0 Å². The fraction of sp³-hybridized carbons (Fsp3) is 0.167. The Kier molecular flexibility index (Phi) is 3.26. The molecular weight excluding hydrogens is 292 g/mol. The zero-order chi connectivity index (χ0) is 15.0. The van der Waals surface area contributed by atoms with Crippen molar-refractivity contribution in [1.29, 1.82) is 0 Å². The van der Waals surface area contributed by atoms with Gasteiger partial charge in [-0.05, 0) is 31.2 Å². The summed E-state index contributed by atoms with van der Waals surface area (Å²) in [6.07, 6.45) is 2.88. The molecular formula is C12H10N6O2S. The standard InChI is InChI=1S/C12H10N6O2S/c1-5-6(2)17-18-10(7(5)12(19)20)21-11-8-9(14-3-13-8)15-4-16-11/h3-4H,1-2H3,(H,19,20)(H,13,14,15,16). The van der Waals surface area contributed by atoms with E-state index in [1.807, 2.05) is 0 Å². The summed E-state index contributed by atoms with van der Waals surface area (Å²) in [6.45, 7) is 3.43. The molecule has 2 N–H and O–H groups in total. The maximum Gasteiger partial charge on any atom is 0.338 e. The van der Waals surface area contributed by atoms with E-state index in [0.717, 1.165) is 11.8 Å². The first-order valence-electron chi connectivity index (χ1n) is 5.97. The van der Waals surface area contributed by atoms with Crippen molar-refractivity contribution in [3.8, 4) is 0 Å². The Morgan fingerprint density at radius 3 is 2.76 bits per heavy atom. The van der Waals surface area contributed by atoms with Crippen molar-refractivity contribution < 1.29 is 9.90 Å². The van der Waals surface area contributed by atoms with Gasteiger partial charge in [0.25, 0.3) is 0 Å². The SMILES string of the molecule is Cc1nnc(Sc2ncnc3nc[nH]c23)c(C(=O)O)c1C. The van der Waals surface area contributed by atoms with Crippen LogP contribution in [0.2, 0.25) is 0 Å². The number of rotatable bonds is 3. The lowest BCUT2D eigenvalue weighted by molar-refractivity contribution is 0.0690. The summed E-state index contributed by atoms with van der Waals surface area (Å²) in [4.78, 5) is 26.6.